The molecule has 1 aliphatic rings. The molecule has 0 bridgehead atoms. The van der Waals surface area contributed by atoms with Crippen LogP contribution in [0.3, 0.4) is 0 Å². The number of aryl methyl sites for hydroxylation is 1. The van der Waals surface area contributed by atoms with E-state index in [0.717, 1.165) is 37.5 Å². The SMILES string of the molecule is Cc1cccc(OCC(=O)NN2CCN(C)CC2)c1. The van der Waals surface area contributed by atoms with E-state index >= 15 is 0 Å². The molecule has 5 heteroatoms. The fraction of sp³-hybridized carbons (Fsp3) is 0.500. The number of ether oxygens (including phenoxy) is 1. The van der Waals surface area contributed by atoms with Crippen molar-refractivity contribution >= 4 is 5.91 Å². The molecule has 1 aromatic carbocycles. The Hall–Kier alpha value is -1.59. The second-order valence-electron chi connectivity index (χ2n) is 4.93. The number of nitrogens with zero attached hydrogens (tertiary/aromatic N) is 2. The molecule has 0 spiro atoms. The number of carbonyl (C=O) groups is 1. The number of rotatable bonds is 4. The van der Waals surface area contributed by atoms with Gasteiger partial charge in [0.25, 0.3) is 5.91 Å². The first-order valence-electron chi connectivity index (χ1n) is 6.56. The summed E-state index contributed by atoms with van der Waals surface area (Å²) in [5.41, 5.74) is 3.99. The van der Waals surface area contributed by atoms with Gasteiger partial charge in [0.2, 0.25) is 0 Å². The van der Waals surface area contributed by atoms with Crippen LogP contribution in [-0.4, -0.2) is 55.6 Å². The minimum Gasteiger partial charge on any atom is -0.484 e. The summed E-state index contributed by atoms with van der Waals surface area (Å²) in [6.07, 6.45) is 0. The molecule has 2 rings (SSSR count). The third-order valence-electron chi connectivity index (χ3n) is 3.15. The molecular weight excluding hydrogens is 242 g/mol. The predicted octanol–water partition coefficient (Wildman–Crippen LogP) is 0.652. The van der Waals surface area contributed by atoms with Gasteiger partial charge in [0, 0.05) is 26.2 Å². The molecule has 0 radical (unpaired) electrons. The van der Waals surface area contributed by atoms with Gasteiger partial charge in [0.1, 0.15) is 5.75 Å². The number of amides is 1. The smallest absolute Gasteiger partial charge is 0.272 e. The zero-order valence-electron chi connectivity index (χ0n) is 11.6. The van der Waals surface area contributed by atoms with E-state index < -0.39 is 0 Å². The van der Waals surface area contributed by atoms with E-state index in [0.29, 0.717) is 0 Å². The third kappa shape index (κ3) is 4.54. The highest BCUT2D eigenvalue weighted by Crippen LogP contribution is 2.11. The summed E-state index contributed by atoms with van der Waals surface area (Å²) in [4.78, 5) is 14.0. The lowest BCUT2D eigenvalue weighted by molar-refractivity contribution is -0.128. The van der Waals surface area contributed by atoms with Crippen molar-refractivity contribution in [3.8, 4) is 5.75 Å². The van der Waals surface area contributed by atoms with Crippen molar-refractivity contribution in [2.75, 3.05) is 39.8 Å². The number of hydrogen-bond acceptors (Lipinski definition) is 4. The number of piperazine rings is 1. The second-order valence-corrected chi connectivity index (χ2v) is 4.93. The van der Waals surface area contributed by atoms with Gasteiger partial charge in [-0.2, -0.15) is 0 Å². The summed E-state index contributed by atoms with van der Waals surface area (Å²) < 4.78 is 5.46. The molecule has 104 valence electrons. The Morgan fingerprint density at radius 1 is 1.32 bits per heavy atom. The van der Waals surface area contributed by atoms with E-state index in [-0.39, 0.29) is 12.5 Å². The van der Waals surface area contributed by atoms with Gasteiger partial charge >= 0.3 is 0 Å². The van der Waals surface area contributed by atoms with Gasteiger partial charge in [-0.05, 0) is 31.7 Å². The maximum atomic E-state index is 11.8. The molecule has 0 aliphatic carbocycles. The van der Waals surface area contributed by atoms with Crippen LogP contribution in [0.5, 0.6) is 5.75 Å². The second kappa shape index (κ2) is 6.54. The van der Waals surface area contributed by atoms with Crippen LogP contribution in [0.2, 0.25) is 0 Å². The van der Waals surface area contributed by atoms with Crippen LogP contribution in [0, 0.1) is 6.92 Å². The van der Waals surface area contributed by atoms with Gasteiger partial charge in [-0.25, -0.2) is 5.01 Å². The van der Waals surface area contributed by atoms with Crippen molar-refractivity contribution in [3.63, 3.8) is 0 Å². The molecule has 0 unspecified atom stereocenters. The highest BCUT2D eigenvalue weighted by Gasteiger charge is 2.15. The van der Waals surface area contributed by atoms with E-state index in [2.05, 4.69) is 17.4 Å². The Labute approximate surface area is 114 Å². The van der Waals surface area contributed by atoms with Crippen LogP contribution in [0.4, 0.5) is 0 Å². The predicted molar refractivity (Wildman–Crippen MR) is 73.9 cm³/mol. The molecule has 1 amide bonds. The summed E-state index contributed by atoms with van der Waals surface area (Å²) in [5.74, 6) is 0.625. The zero-order valence-corrected chi connectivity index (χ0v) is 11.6. The summed E-state index contributed by atoms with van der Waals surface area (Å²) >= 11 is 0. The van der Waals surface area contributed by atoms with Crippen molar-refractivity contribution in [2.24, 2.45) is 0 Å². The highest BCUT2D eigenvalue weighted by molar-refractivity contribution is 5.77. The number of hydrazine groups is 1. The average molecular weight is 263 g/mol. The van der Waals surface area contributed by atoms with Gasteiger partial charge in [0.15, 0.2) is 6.61 Å². The van der Waals surface area contributed by atoms with Crippen molar-refractivity contribution in [2.45, 2.75) is 6.92 Å². The molecule has 0 saturated carbocycles. The highest BCUT2D eigenvalue weighted by atomic mass is 16.5. The van der Waals surface area contributed by atoms with Crippen LogP contribution in [-0.2, 0) is 4.79 Å². The fourth-order valence-corrected chi connectivity index (χ4v) is 1.98. The van der Waals surface area contributed by atoms with Crippen molar-refractivity contribution < 1.29 is 9.53 Å². The van der Waals surface area contributed by atoms with E-state index in [1.807, 2.05) is 36.2 Å². The van der Waals surface area contributed by atoms with E-state index in [1.54, 1.807) is 0 Å². The van der Waals surface area contributed by atoms with Crippen LogP contribution < -0.4 is 10.2 Å². The minimum absolute atomic E-state index is 0.0514. The molecule has 5 nitrogen and oxygen atoms in total. The lowest BCUT2D eigenvalue weighted by atomic mass is 10.2. The summed E-state index contributed by atoms with van der Waals surface area (Å²) in [6.45, 7) is 5.70. The molecule has 1 N–H and O–H groups in total. The van der Waals surface area contributed by atoms with Crippen LogP contribution >= 0.6 is 0 Å². The minimum atomic E-state index is -0.106. The topological polar surface area (TPSA) is 44.8 Å². The molecule has 1 heterocycles. The van der Waals surface area contributed by atoms with Gasteiger partial charge in [0.05, 0.1) is 0 Å². The van der Waals surface area contributed by atoms with Crippen molar-refractivity contribution in [1.82, 2.24) is 15.3 Å². The lowest BCUT2D eigenvalue weighted by Gasteiger charge is -2.32. The number of carbonyl (C=O) groups excluding carboxylic acids is 1. The van der Waals surface area contributed by atoms with Gasteiger partial charge < -0.3 is 9.64 Å². The standard InChI is InChI=1S/C14H21N3O2/c1-12-4-3-5-13(10-12)19-11-14(18)15-17-8-6-16(2)7-9-17/h3-5,10H,6-9,11H2,1-2H3,(H,15,18). The first-order chi connectivity index (χ1) is 9.13. The fourth-order valence-electron chi connectivity index (χ4n) is 1.98. The molecule has 1 fully saturated rings. The van der Waals surface area contributed by atoms with E-state index in [1.165, 1.54) is 0 Å². The Kier molecular flexibility index (Phi) is 4.76. The maximum Gasteiger partial charge on any atom is 0.272 e. The zero-order chi connectivity index (χ0) is 13.7. The van der Waals surface area contributed by atoms with Gasteiger partial charge in [-0.3, -0.25) is 10.2 Å². The van der Waals surface area contributed by atoms with Crippen LogP contribution in [0.25, 0.3) is 0 Å². The number of likely N-dealkylation sites (N-methyl/N-ethyl adjacent to an activating group) is 1. The molecule has 1 aromatic rings. The summed E-state index contributed by atoms with van der Waals surface area (Å²) in [5, 5.41) is 1.95. The van der Waals surface area contributed by atoms with Gasteiger partial charge in [-0.15, -0.1) is 0 Å². The number of hydrogen-bond donors (Lipinski definition) is 1. The normalized spacial score (nSPS) is 17.2. The summed E-state index contributed by atoms with van der Waals surface area (Å²) in [6, 6.07) is 7.69. The Morgan fingerprint density at radius 2 is 2.05 bits per heavy atom. The number of benzene rings is 1. The third-order valence-corrected chi connectivity index (χ3v) is 3.15. The van der Waals surface area contributed by atoms with Crippen LogP contribution in [0.15, 0.2) is 24.3 Å². The first-order valence-corrected chi connectivity index (χ1v) is 6.56. The molecule has 0 aromatic heterocycles. The average Bonchev–Trinajstić information content (AvgIpc) is 2.39. The molecule has 0 atom stereocenters. The summed E-state index contributed by atoms with van der Waals surface area (Å²) in [7, 11) is 2.08. The lowest BCUT2D eigenvalue weighted by Crippen LogP contribution is -2.53. The molecule has 1 saturated heterocycles. The van der Waals surface area contributed by atoms with E-state index in [4.69, 9.17) is 4.74 Å². The number of nitrogens with one attached hydrogen (secondary N) is 1. The Morgan fingerprint density at radius 3 is 2.74 bits per heavy atom. The molecule has 19 heavy (non-hydrogen) atoms. The molecule has 1 aliphatic heterocycles. The maximum absolute atomic E-state index is 11.8. The first kappa shape index (κ1) is 13.8. The van der Waals surface area contributed by atoms with Gasteiger partial charge in [-0.1, -0.05) is 12.1 Å². The Bertz CT molecular complexity index is 428. The Balaban J connectivity index is 1.73. The largest absolute Gasteiger partial charge is 0.484 e. The van der Waals surface area contributed by atoms with Crippen molar-refractivity contribution in [1.29, 1.82) is 0 Å². The quantitative estimate of drug-likeness (QED) is 0.866. The molecular formula is C14H21N3O2. The van der Waals surface area contributed by atoms with Crippen molar-refractivity contribution in [3.05, 3.63) is 29.8 Å². The van der Waals surface area contributed by atoms with Crippen LogP contribution in [0.1, 0.15) is 5.56 Å². The monoisotopic (exact) mass is 263 g/mol. The van der Waals surface area contributed by atoms with E-state index in [9.17, 15) is 4.79 Å².